The van der Waals surface area contributed by atoms with E-state index in [0.717, 1.165) is 33.5 Å². The van der Waals surface area contributed by atoms with E-state index in [9.17, 15) is 5.11 Å². The minimum Gasteiger partial charge on any atom is -0.491 e. The number of likely N-dealkylation sites (N-methyl/N-ethyl adjacent to an activating group) is 1. The summed E-state index contributed by atoms with van der Waals surface area (Å²) >= 11 is 0. The van der Waals surface area contributed by atoms with E-state index in [1.165, 1.54) is 32.1 Å². The number of aliphatic hydroxyl groups excluding tert-OH is 1. The highest BCUT2D eigenvalue weighted by molar-refractivity contribution is 5.94. The van der Waals surface area contributed by atoms with Crippen molar-refractivity contribution in [3.05, 3.63) is 66.9 Å². The Labute approximate surface area is 218 Å². The average Bonchev–Trinajstić information content (AvgIpc) is 2.96. The lowest BCUT2D eigenvalue weighted by molar-refractivity contribution is 0.108. The zero-order valence-corrected chi connectivity index (χ0v) is 21.6. The summed E-state index contributed by atoms with van der Waals surface area (Å²) < 4.78 is 5.86. The standard InChI is InChI=1S/C30H35N5O2/c1-31-19-23(36)20-37-24-12-6-9-21(17-24)30-33-28(26-13-7-15-27-25(26)14-8-16-32-27)18-29(34-30)35(2)22-10-4-3-5-11-22/h6-9,12-18,22-23,31,36H,3-5,10-11,19-20H2,1-2H3. The maximum atomic E-state index is 10.0. The molecule has 7 nitrogen and oxygen atoms in total. The number of benzene rings is 2. The predicted octanol–water partition coefficient (Wildman–Crippen LogP) is 5.09. The van der Waals surface area contributed by atoms with Crippen LogP contribution in [-0.2, 0) is 0 Å². The van der Waals surface area contributed by atoms with Gasteiger partial charge in [0.25, 0.3) is 0 Å². The number of hydrogen-bond donors (Lipinski definition) is 2. The lowest BCUT2D eigenvalue weighted by atomic mass is 9.94. The van der Waals surface area contributed by atoms with Crippen LogP contribution in [0.25, 0.3) is 33.5 Å². The van der Waals surface area contributed by atoms with Gasteiger partial charge in [-0.15, -0.1) is 0 Å². The van der Waals surface area contributed by atoms with Crippen LogP contribution in [0.2, 0.25) is 0 Å². The minimum atomic E-state index is -0.580. The third-order valence-electron chi connectivity index (χ3n) is 7.09. The molecule has 1 fully saturated rings. The summed E-state index contributed by atoms with van der Waals surface area (Å²) in [7, 11) is 3.96. The second-order valence-corrected chi connectivity index (χ2v) is 9.76. The van der Waals surface area contributed by atoms with E-state index in [4.69, 9.17) is 14.7 Å². The molecule has 2 N–H and O–H groups in total. The zero-order chi connectivity index (χ0) is 25.6. The molecule has 37 heavy (non-hydrogen) atoms. The van der Waals surface area contributed by atoms with Crippen molar-refractivity contribution in [1.82, 2.24) is 20.3 Å². The Hall–Kier alpha value is -3.55. The molecule has 0 radical (unpaired) electrons. The number of hydrogen-bond acceptors (Lipinski definition) is 7. The molecule has 0 spiro atoms. The van der Waals surface area contributed by atoms with E-state index in [0.29, 0.717) is 24.2 Å². The van der Waals surface area contributed by atoms with Crippen LogP contribution >= 0.6 is 0 Å². The first kappa shape index (κ1) is 25.1. The van der Waals surface area contributed by atoms with Crippen molar-refractivity contribution in [1.29, 1.82) is 0 Å². The molecule has 4 aromatic rings. The molecular weight excluding hydrogens is 462 g/mol. The Morgan fingerprint density at radius 1 is 1.03 bits per heavy atom. The van der Waals surface area contributed by atoms with Gasteiger partial charge in [-0.05, 0) is 44.2 Å². The Morgan fingerprint density at radius 2 is 1.86 bits per heavy atom. The van der Waals surface area contributed by atoms with Crippen molar-refractivity contribution in [2.24, 2.45) is 0 Å². The van der Waals surface area contributed by atoms with Crippen LogP contribution in [0, 0.1) is 0 Å². The van der Waals surface area contributed by atoms with Gasteiger partial charge in [0.15, 0.2) is 5.82 Å². The molecule has 5 rings (SSSR count). The molecular formula is C30H35N5O2. The number of aliphatic hydroxyl groups is 1. The number of fused-ring (bicyclic) bond motifs is 1. The number of ether oxygens (including phenoxy) is 1. The number of pyridine rings is 1. The monoisotopic (exact) mass is 497 g/mol. The van der Waals surface area contributed by atoms with Gasteiger partial charge in [0, 0.05) is 48.4 Å². The van der Waals surface area contributed by atoms with Gasteiger partial charge in [0.1, 0.15) is 24.3 Å². The maximum absolute atomic E-state index is 10.0. The minimum absolute atomic E-state index is 0.212. The van der Waals surface area contributed by atoms with Crippen LogP contribution < -0.4 is 15.0 Å². The van der Waals surface area contributed by atoms with Crippen LogP contribution in [-0.4, -0.2) is 59.5 Å². The molecule has 2 aromatic heterocycles. The second-order valence-electron chi connectivity index (χ2n) is 9.76. The smallest absolute Gasteiger partial charge is 0.162 e. The molecule has 7 heteroatoms. The lowest BCUT2D eigenvalue weighted by Gasteiger charge is -2.32. The van der Waals surface area contributed by atoms with E-state index in [1.807, 2.05) is 55.7 Å². The third-order valence-corrected chi connectivity index (χ3v) is 7.09. The summed E-state index contributed by atoms with van der Waals surface area (Å²) in [6.07, 6.45) is 7.43. The number of nitrogens with one attached hydrogen (secondary N) is 1. The Kier molecular flexibility index (Phi) is 7.92. The van der Waals surface area contributed by atoms with E-state index in [1.54, 1.807) is 0 Å². The molecule has 0 aliphatic heterocycles. The normalized spacial score (nSPS) is 15.0. The summed E-state index contributed by atoms with van der Waals surface area (Å²) in [6.45, 7) is 0.686. The second kappa shape index (κ2) is 11.7. The van der Waals surface area contributed by atoms with E-state index < -0.39 is 6.10 Å². The van der Waals surface area contributed by atoms with Crippen LogP contribution in [0.3, 0.4) is 0 Å². The summed E-state index contributed by atoms with van der Waals surface area (Å²) in [6, 6.07) is 20.6. The van der Waals surface area contributed by atoms with E-state index >= 15 is 0 Å². The molecule has 1 unspecified atom stereocenters. The van der Waals surface area contributed by atoms with Gasteiger partial charge in [0.2, 0.25) is 0 Å². The van der Waals surface area contributed by atoms with Crippen LogP contribution in [0.4, 0.5) is 5.82 Å². The van der Waals surface area contributed by atoms with Crippen molar-refractivity contribution >= 4 is 16.7 Å². The molecule has 0 bridgehead atoms. The molecule has 2 aromatic carbocycles. The van der Waals surface area contributed by atoms with Gasteiger partial charge < -0.3 is 20.1 Å². The SMILES string of the molecule is CNCC(O)COc1cccc(-c2nc(-c3cccc4ncccc34)cc(N(C)C3CCCCC3)n2)c1. The fraction of sp³-hybridized carbons (Fsp3) is 0.367. The molecule has 1 atom stereocenters. The topological polar surface area (TPSA) is 83.4 Å². The zero-order valence-electron chi connectivity index (χ0n) is 21.6. The first-order valence-corrected chi connectivity index (χ1v) is 13.1. The first-order chi connectivity index (χ1) is 18.1. The van der Waals surface area contributed by atoms with Gasteiger partial charge >= 0.3 is 0 Å². The van der Waals surface area contributed by atoms with Crippen molar-refractivity contribution < 1.29 is 9.84 Å². The summed E-state index contributed by atoms with van der Waals surface area (Å²) in [5.74, 6) is 2.25. The van der Waals surface area contributed by atoms with Crippen molar-refractivity contribution in [3.63, 3.8) is 0 Å². The summed E-state index contributed by atoms with van der Waals surface area (Å²) in [5, 5.41) is 14.1. The Balaban J connectivity index is 1.55. The van der Waals surface area contributed by atoms with Crippen molar-refractivity contribution in [3.8, 4) is 28.4 Å². The highest BCUT2D eigenvalue weighted by atomic mass is 16.5. The van der Waals surface area contributed by atoms with Gasteiger partial charge in [-0.3, -0.25) is 4.98 Å². The summed E-state index contributed by atoms with van der Waals surface area (Å²) in [5.41, 5.74) is 3.73. The fourth-order valence-corrected chi connectivity index (χ4v) is 5.08. The summed E-state index contributed by atoms with van der Waals surface area (Å²) in [4.78, 5) is 16.9. The number of aromatic nitrogens is 3. The number of nitrogens with zero attached hydrogens (tertiary/aromatic N) is 4. The van der Waals surface area contributed by atoms with E-state index in [2.05, 4.69) is 40.4 Å². The van der Waals surface area contributed by atoms with Gasteiger partial charge in [-0.2, -0.15) is 0 Å². The van der Waals surface area contributed by atoms with Gasteiger partial charge in [-0.25, -0.2) is 9.97 Å². The molecule has 192 valence electrons. The van der Waals surface area contributed by atoms with Crippen LogP contribution in [0.1, 0.15) is 32.1 Å². The molecule has 1 aliphatic carbocycles. The quantitative estimate of drug-likeness (QED) is 0.333. The van der Waals surface area contributed by atoms with Crippen molar-refractivity contribution in [2.45, 2.75) is 44.2 Å². The molecule has 1 saturated carbocycles. The first-order valence-electron chi connectivity index (χ1n) is 13.1. The molecule has 0 amide bonds. The molecule has 0 saturated heterocycles. The van der Waals surface area contributed by atoms with Gasteiger partial charge in [-0.1, -0.05) is 49.6 Å². The average molecular weight is 498 g/mol. The number of anilines is 1. The number of rotatable bonds is 9. The lowest BCUT2D eigenvalue weighted by Crippen LogP contribution is -2.34. The molecule has 2 heterocycles. The Bertz CT molecular complexity index is 1330. The Morgan fingerprint density at radius 3 is 2.70 bits per heavy atom. The van der Waals surface area contributed by atoms with Crippen LogP contribution in [0.15, 0.2) is 66.9 Å². The van der Waals surface area contributed by atoms with Crippen LogP contribution in [0.5, 0.6) is 5.75 Å². The molecule has 1 aliphatic rings. The van der Waals surface area contributed by atoms with Crippen molar-refractivity contribution in [2.75, 3.05) is 32.1 Å². The highest BCUT2D eigenvalue weighted by Gasteiger charge is 2.21. The fourth-order valence-electron chi connectivity index (χ4n) is 5.08. The maximum Gasteiger partial charge on any atom is 0.162 e. The highest BCUT2D eigenvalue weighted by Crippen LogP contribution is 2.33. The predicted molar refractivity (Wildman–Crippen MR) is 149 cm³/mol. The third kappa shape index (κ3) is 5.89. The van der Waals surface area contributed by atoms with E-state index in [-0.39, 0.29) is 6.61 Å². The largest absolute Gasteiger partial charge is 0.491 e. The van der Waals surface area contributed by atoms with Gasteiger partial charge in [0.05, 0.1) is 11.2 Å².